The normalized spacial score (nSPS) is 11.9. The number of hydrogen-bond donors (Lipinski definition) is 1. The molecule has 0 bridgehead atoms. The Hall–Kier alpha value is -1.81. The zero-order valence-corrected chi connectivity index (χ0v) is 13.6. The Morgan fingerprint density at radius 1 is 0.810 bits per heavy atom. The summed E-state index contributed by atoms with van der Waals surface area (Å²) in [5.41, 5.74) is 7.94. The molecule has 3 aromatic carbocycles. The van der Waals surface area contributed by atoms with Crippen LogP contribution in [0.15, 0.2) is 66.7 Å². The van der Waals surface area contributed by atoms with Gasteiger partial charge in [-0.3, -0.25) is 0 Å². The lowest BCUT2D eigenvalue weighted by Crippen LogP contribution is -1.93. The number of benzene rings is 3. The van der Waals surface area contributed by atoms with Gasteiger partial charge in [-0.25, -0.2) is 0 Å². The molecule has 3 aromatic rings. The molecule has 0 fully saturated rings. The fourth-order valence-electron chi connectivity index (χ4n) is 2.73. The number of fused-ring (bicyclic) bond motifs is 1. The lowest BCUT2D eigenvalue weighted by Gasteiger charge is -2.12. The largest absolute Gasteiger partial charge is 0.355 e. The fraction of sp³-hybridized carbons (Fsp3) is 0.0526. The van der Waals surface area contributed by atoms with E-state index in [1.165, 1.54) is 31.5 Å². The van der Waals surface area contributed by atoms with E-state index in [1.807, 2.05) is 6.07 Å². The maximum Gasteiger partial charge on any atom is 0.0464 e. The number of halogens is 1. The summed E-state index contributed by atoms with van der Waals surface area (Å²) in [5.74, 6) is 0. The van der Waals surface area contributed by atoms with E-state index in [2.05, 4.69) is 88.6 Å². The van der Waals surface area contributed by atoms with Crippen molar-refractivity contribution in [3.8, 4) is 11.1 Å². The highest BCUT2D eigenvalue weighted by Crippen LogP contribution is 2.42. The van der Waals surface area contributed by atoms with E-state index in [0.717, 1.165) is 12.1 Å². The zero-order valence-electron chi connectivity index (χ0n) is 11.4. The topological polar surface area (TPSA) is 12.0 Å². The third-order valence-corrected chi connectivity index (χ3v) is 4.44. The van der Waals surface area contributed by atoms with Gasteiger partial charge in [-0.2, -0.15) is 0 Å². The quantitative estimate of drug-likeness (QED) is 0.454. The number of hydrogen-bond acceptors (Lipinski definition) is 1. The Balaban J connectivity index is 1.79. The first-order valence-electron chi connectivity index (χ1n) is 7.04. The van der Waals surface area contributed by atoms with Crippen LogP contribution in [-0.2, 0) is 6.42 Å². The molecule has 0 saturated heterocycles. The molecule has 0 unspecified atom stereocenters. The van der Waals surface area contributed by atoms with Gasteiger partial charge in [0.1, 0.15) is 0 Å². The summed E-state index contributed by atoms with van der Waals surface area (Å²) >= 11 is 2.41. The van der Waals surface area contributed by atoms with Gasteiger partial charge >= 0.3 is 0 Å². The molecule has 0 radical (unpaired) electrons. The third-order valence-electron chi connectivity index (χ3n) is 3.82. The standard InChI is InChI=1S/C19H14IN/c20-14-10-13-11-17(13)18(12-14)16-8-4-5-9-19(16)21-15-6-2-1-3-7-15/h1-10,12,21H,11H2. The van der Waals surface area contributed by atoms with Crippen molar-refractivity contribution in [2.24, 2.45) is 0 Å². The molecule has 1 nitrogen and oxygen atoms in total. The summed E-state index contributed by atoms with van der Waals surface area (Å²) in [5, 5.41) is 3.54. The maximum absolute atomic E-state index is 3.54. The minimum Gasteiger partial charge on any atom is -0.355 e. The first-order chi connectivity index (χ1) is 10.3. The number of para-hydroxylation sites is 2. The van der Waals surface area contributed by atoms with Crippen molar-refractivity contribution in [1.29, 1.82) is 0 Å². The van der Waals surface area contributed by atoms with Crippen LogP contribution in [-0.4, -0.2) is 0 Å². The summed E-state index contributed by atoms with van der Waals surface area (Å²) in [7, 11) is 0. The molecule has 0 aromatic heterocycles. The van der Waals surface area contributed by atoms with Gasteiger partial charge in [0.25, 0.3) is 0 Å². The van der Waals surface area contributed by atoms with Gasteiger partial charge in [-0.15, -0.1) is 0 Å². The lowest BCUT2D eigenvalue weighted by molar-refractivity contribution is 1.52. The molecule has 1 aliphatic carbocycles. The highest BCUT2D eigenvalue weighted by molar-refractivity contribution is 14.1. The zero-order chi connectivity index (χ0) is 14.2. The molecule has 0 aliphatic heterocycles. The van der Waals surface area contributed by atoms with E-state index in [1.54, 1.807) is 0 Å². The van der Waals surface area contributed by atoms with Gasteiger partial charge < -0.3 is 5.32 Å². The van der Waals surface area contributed by atoms with E-state index >= 15 is 0 Å². The summed E-state index contributed by atoms with van der Waals surface area (Å²) < 4.78 is 1.31. The fourth-order valence-corrected chi connectivity index (χ4v) is 3.42. The minimum atomic E-state index is 1.12. The van der Waals surface area contributed by atoms with E-state index in [9.17, 15) is 0 Å². The smallest absolute Gasteiger partial charge is 0.0464 e. The second-order valence-corrected chi connectivity index (χ2v) is 6.55. The molecule has 1 N–H and O–H groups in total. The van der Waals surface area contributed by atoms with Crippen molar-refractivity contribution in [3.63, 3.8) is 0 Å². The van der Waals surface area contributed by atoms with Gasteiger partial charge in [0.05, 0.1) is 0 Å². The van der Waals surface area contributed by atoms with Crippen molar-refractivity contribution in [2.75, 3.05) is 5.32 Å². The van der Waals surface area contributed by atoms with Crippen LogP contribution in [0.3, 0.4) is 0 Å². The predicted molar refractivity (Wildman–Crippen MR) is 97.1 cm³/mol. The van der Waals surface area contributed by atoms with Crippen LogP contribution in [0.25, 0.3) is 11.1 Å². The van der Waals surface area contributed by atoms with Gasteiger partial charge in [0.2, 0.25) is 0 Å². The Morgan fingerprint density at radius 3 is 2.43 bits per heavy atom. The number of rotatable bonds is 3. The van der Waals surface area contributed by atoms with E-state index in [-0.39, 0.29) is 0 Å². The Morgan fingerprint density at radius 2 is 1.57 bits per heavy atom. The molecular weight excluding hydrogens is 369 g/mol. The second-order valence-electron chi connectivity index (χ2n) is 5.30. The summed E-state index contributed by atoms with van der Waals surface area (Å²) in [6.45, 7) is 0. The molecule has 0 spiro atoms. The second kappa shape index (κ2) is 5.19. The van der Waals surface area contributed by atoms with Crippen molar-refractivity contribution in [1.82, 2.24) is 0 Å². The highest BCUT2D eigenvalue weighted by atomic mass is 127. The summed E-state index contributed by atoms with van der Waals surface area (Å²) in [6.07, 6.45) is 1.14. The molecule has 4 rings (SSSR count). The van der Waals surface area contributed by atoms with Crippen LogP contribution in [0.1, 0.15) is 11.1 Å². The minimum absolute atomic E-state index is 1.12. The van der Waals surface area contributed by atoms with Gasteiger partial charge in [-0.05, 0) is 76.0 Å². The van der Waals surface area contributed by atoms with E-state index in [0.29, 0.717) is 0 Å². The lowest BCUT2D eigenvalue weighted by atomic mass is 10.0. The summed E-state index contributed by atoms with van der Waals surface area (Å²) in [6, 6.07) is 23.5. The SMILES string of the molecule is Ic1cc2c(c(-c3ccccc3Nc3ccccc3)c1)C2. The molecule has 0 heterocycles. The molecule has 102 valence electrons. The van der Waals surface area contributed by atoms with Crippen LogP contribution in [0.2, 0.25) is 0 Å². The maximum atomic E-state index is 3.54. The van der Waals surface area contributed by atoms with Crippen molar-refractivity contribution in [3.05, 3.63) is 81.4 Å². The van der Waals surface area contributed by atoms with Crippen LogP contribution >= 0.6 is 22.6 Å². The highest BCUT2D eigenvalue weighted by Gasteiger charge is 2.23. The Kier molecular flexibility index (Phi) is 3.19. The molecular formula is C19H14IN. The predicted octanol–water partition coefficient (Wildman–Crippen LogP) is 5.61. The molecule has 1 aliphatic rings. The summed E-state index contributed by atoms with van der Waals surface area (Å²) in [4.78, 5) is 0. The Bertz CT molecular complexity index is 808. The molecule has 21 heavy (non-hydrogen) atoms. The van der Waals surface area contributed by atoms with Crippen LogP contribution in [0.5, 0.6) is 0 Å². The first kappa shape index (κ1) is 12.9. The van der Waals surface area contributed by atoms with E-state index in [4.69, 9.17) is 0 Å². The molecule has 2 heteroatoms. The van der Waals surface area contributed by atoms with Gasteiger partial charge in [0, 0.05) is 20.5 Å². The molecule has 0 saturated carbocycles. The van der Waals surface area contributed by atoms with Crippen LogP contribution in [0.4, 0.5) is 11.4 Å². The monoisotopic (exact) mass is 383 g/mol. The average molecular weight is 383 g/mol. The van der Waals surface area contributed by atoms with Gasteiger partial charge in [-0.1, -0.05) is 36.4 Å². The van der Waals surface area contributed by atoms with Crippen molar-refractivity contribution >= 4 is 34.0 Å². The van der Waals surface area contributed by atoms with Crippen molar-refractivity contribution in [2.45, 2.75) is 6.42 Å². The van der Waals surface area contributed by atoms with Crippen LogP contribution in [0, 0.1) is 3.57 Å². The van der Waals surface area contributed by atoms with Crippen LogP contribution < -0.4 is 5.32 Å². The van der Waals surface area contributed by atoms with Crippen molar-refractivity contribution < 1.29 is 0 Å². The molecule has 0 atom stereocenters. The average Bonchev–Trinajstić information content (AvgIpc) is 3.27. The first-order valence-corrected chi connectivity index (χ1v) is 8.12. The number of nitrogens with one attached hydrogen (secondary N) is 1. The van der Waals surface area contributed by atoms with E-state index < -0.39 is 0 Å². The molecule has 0 amide bonds. The number of anilines is 2. The Labute approximate surface area is 138 Å². The van der Waals surface area contributed by atoms with Gasteiger partial charge in [0.15, 0.2) is 0 Å². The third kappa shape index (κ3) is 2.56.